The van der Waals surface area contributed by atoms with Gasteiger partial charge in [-0.25, -0.2) is 9.19 Å². The average molecular weight is 718 g/mol. The second-order valence-corrected chi connectivity index (χ2v) is 13.9. The molecule has 7 nitrogen and oxygen atoms in total. The van der Waals surface area contributed by atoms with E-state index in [2.05, 4.69) is 53.3 Å². The normalized spacial score (nSPS) is 14.9. The quantitative estimate of drug-likeness (QED) is 0.0982. The molecule has 0 spiro atoms. The molecule has 10 heteroatoms. The number of nitrogens with one attached hydrogen (secondary N) is 1. The van der Waals surface area contributed by atoms with Crippen LogP contribution in [0.3, 0.4) is 0 Å². The first kappa shape index (κ1) is 36.2. The lowest BCUT2D eigenvalue weighted by Crippen LogP contribution is -2.34. The number of rotatable bonds is 15. The Morgan fingerprint density at radius 1 is 1.04 bits per heavy atom. The Labute approximate surface area is 302 Å². The number of ether oxygens (including phenoxy) is 1. The molecule has 1 aliphatic carbocycles. The van der Waals surface area contributed by atoms with Gasteiger partial charge in [0.05, 0.1) is 18.0 Å². The van der Waals surface area contributed by atoms with Gasteiger partial charge >= 0.3 is 0 Å². The Morgan fingerprint density at radius 2 is 1.76 bits per heavy atom. The summed E-state index contributed by atoms with van der Waals surface area (Å²) in [6.45, 7) is 5.10. The van der Waals surface area contributed by atoms with Crippen LogP contribution in [0.5, 0.6) is 5.75 Å². The van der Waals surface area contributed by atoms with E-state index in [0.29, 0.717) is 36.0 Å². The molecule has 0 saturated heterocycles. The number of halogens is 2. The number of carbonyl (C=O) groups excluding carboxylic acids is 1. The van der Waals surface area contributed by atoms with E-state index in [1.807, 2.05) is 55.0 Å². The fourth-order valence-electron chi connectivity index (χ4n) is 5.97. The molecule has 1 aliphatic rings. The summed E-state index contributed by atoms with van der Waals surface area (Å²) < 4.78 is 24.8. The van der Waals surface area contributed by atoms with Crippen molar-refractivity contribution in [2.75, 3.05) is 17.5 Å². The summed E-state index contributed by atoms with van der Waals surface area (Å²) in [7, 11) is 0. The van der Waals surface area contributed by atoms with Crippen molar-refractivity contribution in [1.82, 2.24) is 14.3 Å². The molecule has 1 N–H and O–H groups in total. The summed E-state index contributed by atoms with van der Waals surface area (Å²) in [6.07, 6.45) is 14.8. The SMILES string of the molecule is CCN(c1cccc(-n2cc(/C(C)=C/C=C(Cl)\C=C\Cl)nc2Cc2ccc(-c3ccc(OCC4CCCCC4)cc3)cc2)c1)S(=O)NC=O. The Hall–Kier alpha value is -4.11. The highest BCUT2D eigenvalue weighted by Gasteiger charge is 2.17. The number of anilines is 1. The number of allylic oxidation sites excluding steroid dienone is 5. The molecule has 0 aliphatic heterocycles. The van der Waals surface area contributed by atoms with Crippen LogP contribution in [-0.4, -0.2) is 33.3 Å². The molecule has 49 heavy (non-hydrogen) atoms. The number of amides is 1. The average Bonchev–Trinajstić information content (AvgIpc) is 3.55. The zero-order valence-corrected chi connectivity index (χ0v) is 30.2. The van der Waals surface area contributed by atoms with Crippen molar-refractivity contribution in [3.05, 3.63) is 125 Å². The largest absolute Gasteiger partial charge is 0.493 e. The molecule has 1 fully saturated rings. The summed E-state index contributed by atoms with van der Waals surface area (Å²) in [5.41, 5.74) is 8.00. The van der Waals surface area contributed by atoms with Gasteiger partial charge in [0, 0.05) is 35.4 Å². The van der Waals surface area contributed by atoms with E-state index in [1.165, 1.54) is 37.6 Å². The smallest absolute Gasteiger partial charge is 0.225 e. The van der Waals surface area contributed by atoms with Gasteiger partial charge in [0.1, 0.15) is 11.6 Å². The van der Waals surface area contributed by atoms with Gasteiger partial charge in [0.25, 0.3) is 0 Å². The maximum Gasteiger partial charge on any atom is 0.225 e. The molecule has 1 atom stereocenters. The monoisotopic (exact) mass is 716 g/mol. The zero-order valence-electron chi connectivity index (χ0n) is 27.9. The van der Waals surface area contributed by atoms with E-state index in [-0.39, 0.29) is 0 Å². The van der Waals surface area contributed by atoms with Gasteiger partial charge in [-0.05, 0) is 97.4 Å². The topological polar surface area (TPSA) is 76.5 Å². The summed E-state index contributed by atoms with van der Waals surface area (Å²) in [5, 5.41) is 0.500. The molecule has 4 aromatic rings. The highest BCUT2D eigenvalue weighted by molar-refractivity contribution is 7.85. The second-order valence-electron chi connectivity index (χ2n) is 12.0. The van der Waals surface area contributed by atoms with Crippen molar-refractivity contribution in [1.29, 1.82) is 0 Å². The number of benzene rings is 3. The predicted octanol–water partition coefficient (Wildman–Crippen LogP) is 9.52. The Kier molecular flexibility index (Phi) is 13.3. The standard InChI is InChI=1S/C39H42Cl2N4O3S/c1-3-45(49(47)42-28-46)36-11-7-10-35(25-36)44-26-38(29(2)12-19-34(41)22-23-40)43-39(44)24-30-13-15-32(16-14-30)33-17-20-37(21-18-33)48-27-31-8-5-4-6-9-31/h7,10-23,25-26,28,31H,3-6,8-9,24,27H2,1-2H3,(H,42,46)/b23-22+,29-12+,34-19+. The maximum absolute atomic E-state index is 12.7. The lowest BCUT2D eigenvalue weighted by Gasteiger charge is -2.21. The lowest BCUT2D eigenvalue weighted by atomic mass is 9.90. The van der Waals surface area contributed by atoms with Gasteiger partial charge in [-0.3, -0.25) is 13.8 Å². The minimum Gasteiger partial charge on any atom is -0.493 e. The van der Waals surface area contributed by atoms with Gasteiger partial charge in [-0.15, -0.1) is 0 Å². The van der Waals surface area contributed by atoms with Gasteiger partial charge in [-0.1, -0.05) is 91.0 Å². The van der Waals surface area contributed by atoms with Gasteiger partial charge in [-0.2, -0.15) is 0 Å². The highest BCUT2D eigenvalue weighted by Crippen LogP contribution is 2.28. The van der Waals surface area contributed by atoms with Crippen LogP contribution in [-0.2, 0) is 22.4 Å². The van der Waals surface area contributed by atoms with E-state index in [9.17, 15) is 9.00 Å². The number of hydrogen-bond donors (Lipinski definition) is 1. The molecule has 5 rings (SSSR count). The van der Waals surface area contributed by atoms with Crippen LogP contribution in [0.4, 0.5) is 5.69 Å². The van der Waals surface area contributed by atoms with Crippen LogP contribution in [0.1, 0.15) is 63.0 Å². The number of imidazole rings is 1. The minimum atomic E-state index is -1.70. The fourth-order valence-corrected chi connectivity index (χ4v) is 7.05. The van der Waals surface area contributed by atoms with Crippen molar-refractivity contribution in [3.63, 3.8) is 0 Å². The minimum absolute atomic E-state index is 0.438. The van der Waals surface area contributed by atoms with E-state index < -0.39 is 11.2 Å². The van der Waals surface area contributed by atoms with E-state index in [4.69, 9.17) is 32.9 Å². The molecule has 0 bridgehead atoms. The molecular weight excluding hydrogens is 675 g/mol. The lowest BCUT2D eigenvalue weighted by molar-refractivity contribution is -0.108. The first-order valence-corrected chi connectivity index (χ1v) is 18.5. The van der Waals surface area contributed by atoms with Gasteiger partial charge in [0.2, 0.25) is 17.6 Å². The van der Waals surface area contributed by atoms with Crippen molar-refractivity contribution < 1.29 is 13.7 Å². The molecule has 1 saturated carbocycles. The van der Waals surface area contributed by atoms with E-state index in [0.717, 1.165) is 51.8 Å². The number of hydrogen-bond acceptors (Lipinski definition) is 4. The second kappa shape index (κ2) is 18.0. The molecule has 0 radical (unpaired) electrons. The fraction of sp³-hybridized carbons (Fsp3) is 0.282. The van der Waals surface area contributed by atoms with Crippen molar-refractivity contribution >= 4 is 52.0 Å². The van der Waals surface area contributed by atoms with Crippen LogP contribution in [0.25, 0.3) is 22.4 Å². The third kappa shape index (κ3) is 9.97. The first-order chi connectivity index (χ1) is 23.9. The van der Waals surface area contributed by atoms with Gasteiger partial charge < -0.3 is 9.30 Å². The summed E-state index contributed by atoms with van der Waals surface area (Å²) in [6, 6.07) is 24.6. The molecule has 1 amide bonds. The van der Waals surface area contributed by atoms with Crippen LogP contribution in [0.2, 0.25) is 0 Å². The zero-order chi connectivity index (χ0) is 34.6. The van der Waals surface area contributed by atoms with Crippen LogP contribution >= 0.6 is 23.2 Å². The predicted molar refractivity (Wildman–Crippen MR) is 203 cm³/mol. The van der Waals surface area contributed by atoms with Crippen molar-refractivity contribution in [3.8, 4) is 22.6 Å². The molecule has 256 valence electrons. The Bertz CT molecular complexity index is 1810. The van der Waals surface area contributed by atoms with E-state index >= 15 is 0 Å². The molecular formula is C39H42Cl2N4O3S. The third-order valence-corrected chi connectivity index (χ3v) is 10.2. The van der Waals surface area contributed by atoms with Crippen LogP contribution in [0, 0.1) is 5.92 Å². The first-order valence-electron chi connectivity index (χ1n) is 16.6. The summed E-state index contributed by atoms with van der Waals surface area (Å²) in [4.78, 5) is 16.0. The van der Waals surface area contributed by atoms with Crippen molar-refractivity contribution in [2.45, 2.75) is 52.4 Å². The van der Waals surface area contributed by atoms with Gasteiger partial charge in [0.15, 0.2) is 0 Å². The third-order valence-electron chi connectivity index (χ3n) is 8.64. The molecule has 3 aromatic carbocycles. The van der Waals surface area contributed by atoms with Crippen LogP contribution < -0.4 is 13.8 Å². The van der Waals surface area contributed by atoms with E-state index in [1.54, 1.807) is 16.5 Å². The molecule has 1 aromatic heterocycles. The highest BCUT2D eigenvalue weighted by atomic mass is 35.5. The van der Waals surface area contributed by atoms with Crippen molar-refractivity contribution in [2.24, 2.45) is 5.92 Å². The van der Waals surface area contributed by atoms with Crippen LogP contribution in [0.15, 0.2) is 108 Å². The maximum atomic E-state index is 12.7. The number of carbonyl (C=O) groups is 1. The summed E-state index contributed by atoms with van der Waals surface area (Å²) in [5.74, 6) is 2.43. The number of aromatic nitrogens is 2. The Balaban J connectivity index is 1.39. The molecule has 1 heterocycles. The Morgan fingerprint density at radius 3 is 2.43 bits per heavy atom. The summed E-state index contributed by atoms with van der Waals surface area (Å²) >= 11 is 10.2. The molecule has 1 unspecified atom stereocenters. The number of nitrogens with zero attached hydrogens (tertiary/aromatic N) is 3.